The Morgan fingerprint density at radius 1 is 0.429 bits per heavy atom. The Hall–Kier alpha value is -11.3. The van der Waals surface area contributed by atoms with Gasteiger partial charge in [0.05, 0.1) is 13.2 Å². The number of carboxylic acids is 1. The molecule has 45 heteroatoms. The van der Waals surface area contributed by atoms with Gasteiger partial charge in [-0.1, -0.05) is 26.0 Å². The number of carbonyl (C=O) groups is 15. The van der Waals surface area contributed by atoms with Crippen LogP contribution in [0, 0.1) is 5.92 Å². The van der Waals surface area contributed by atoms with Crippen LogP contribution in [0.5, 0.6) is 5.75 Å². The second kappa shape index (κ2) is 51.8. The van der Waals surface area contributed by atoms with Gasteiger partial charge in [0.15, 0.2) is 17.9 Å². The number of primary amides is 1. The molecule has 0 unspecified atom stereocenters. The molecule has 14 atom stereocenters. The molecule has 45 nitrogen and oxygen atoms in total. The highest BCUT2D eigenvalue weighted by atomic mass is 16.4. The first kappa shape index (κ1) is 100. The molecule has 3 saturated heterocycles. The molecule has 3 heterocycles. The zero-order valence-corrected chi connectivity index (χ0v) is 68.0. The van der Waals surface area contributed by atoms with Gasteiger partial charge in [0.1, 0.15) is 90.3 Å². The lowest BCUT2D eigenvalue weighted by Crippen LogP contribution is -2.61. The van der Waals surface area contributed by atoms with Gasteiger partial charge in [-0.2, -0.15) is 0 Å². The SMILES string of the molecule is CC(C)C[C@H](NC(=O)[C@H](C)NC(=O)[C@@H]1CCCN1C(=O)[C@@H]1CCCN1C(=O)[C@@H](N)CO)C(=O)N1CCC[C@H]1C(=O)N[C@@H](CCCCN)C(=O)N[C@@H](CCCCN)C(=O)N[C@@H](CCCN=C(N)N)C(=O)N[C@@H](CCC(N)=O)C(=O)N[C@@H](CO)C(=O)N[C@@H](Cc1ccc(O)cc1)C(=O)N[C@@H](CCCN=C(N)N)C(=O)N[C@@H](CCCN=C(N)N)C(=O)O. The molecule has 3 aliphatic heterocycles. The first-order chi connectivity index (χ1) is 56.4. The van der Waals surface area contributed by atoms with Crippen LogP contribution in [0.3, 0.4) is 0 Å². The third kappa shape index (κ3) is 34.3. The molecule has 0 bridgehead atoms. The van der Waals surface area contributed by atoms with E-state index in [0.29, 0.717) is 44.1 Å². The van der Waals surface area contributed by atoms with Gasteiger partial charge in [0.2, 0.25) is 82.7 Å². The zero-order valence-electron chi connectivity index (χ0n) is 68.0. The van der Waals surface area contributed by atoms with Gasteiger partial charge in [0, 0.05) is 52.1 Å². The number of rotatable bonds is 53. The number of unbranched alkanes of at least 4 members (excludes halogenated alkanes) is 2. The lowest BCUT2D eigenvalue weighted by atomic mass is 10.0. The average molecular weight is 1680 g/mol. The van der Waals surface area contributed by atoms with Crippen molar-refractivity contribution in [2.24, 2.45) is 78.2 Å². The number of likely N-dealkylation sites (tertiary alicyclic amines) is 3. The van der Waals surface area contributed by atoms with Crippen molar-refractivity contribution in [3.63, 3.8) is 0 Å². The van der Waals surface area contributed by atoms with Gasteiger partial charge in [-0.15, -0.1) is 0 Å². The van der Waals surface area contributed by atoms with Crippen LogP contribution in [0.25, 0.3) is 0 Å². The van der Waals surface area contributed by atoms with E-state index in [2.05, 4.69) is 68.1 Å². The van der Waals surface area contributed by atoms with Gasteiger partial charge in [0.25, 0.3) is 0 Å². The van der Waals surface area contributed by atoms with Gasteiger partial charge in [-0.25, -0.2) is 4.79 Å². The number of nitrogens with zero attached hydrogens (tertiary/aromatic N) is 6. The first-order valence-corrected chi connectivity index (χ1v) is 40.2. The number of aliphatic imine (C=N–C) groups is 3. The number of hydrogen-bond donors (Lipinski definition) is 24. The molecule has 0 saturated carbocycles. The summed E-state index contributed by atoms with van der Waals surface area (Å²) in [6.45, 7) is 3.96. The quantitative estimate of drug-likeness (QED) is 0.0164. The molecule has 4 rings (SSSR count). The number of amides is 14. The highest BCUT2D eigenvalue weighted by Gasteiger charge is 2.45. The van der Waals surface area contributed by atoms with Crippen molar-refractivity contribution in [2.75, 3.05) is 65.6 Å². The standard InChI is InChI=1S/C74H126N26O19/c1-40(2)36-52(96-58(105)41(3)88-66(113)54-19-12-34-99(54)70(117)56-21-13-35-100(56)68(115)44(77)38-101)69(116)98-33-11-20-55(98)67(114)93-46(15-5-7-29-76)60(107)89-45(14-4-6-28-75)59(106)90-47(16-8-30-85-72(79)80)61(108)92-49(26-27-57(78)104)63(110)97-53(39-102)65(112)95-51(37-42-22-24-43(103)25-23-42)64(111)91-48(17-9-31-86-73(81)82)62(109)94-50(71(118)119)18-10-32-87-74(83)84/h22-25,40-41,44-56,101-103H,4-21,26-39,75-77H2,1-3H3,(H2,78,104)(H,88,113)(H,89,107)(H,90,106)(H,91,111)(H,92,108)(H,93,114)(H,94,109)(H,95,112)(H,96,105)(H,97,110)(H,118,119)(H4,79,80,85)(H4,81,82,86)(H4,83,84,87)/t41-,44-,45-,46-,47-,48-,49-,50-,51-,52-,53-,54-,55-,56-/m0/s1. The molecule has 3 aliphatic rings. The minimum atomic E-state index is -1.95. The Labute approximate surface area is 690 Å². The van der Waals surface area contributed by atoms with Crippen LogP contribution in [0.1, 0.15) is 161 Å². The number of aliphatic carboxylic acids is 1. The van der Waals surface area contributed by atoms with Crippen LogP contribution in [0.4, 0.5) is 0 Å². The van der Waals surface area contributed by atoms with Crippen molar-refractivity contribution in [1.29, 1.82) is 0 Å². The maximum Gasteiger partial charge on any atom is 0.326 e. The number of guanidine groups is 3. The Bertz CT molecular complexity index is 3670. The van der Waals surface area contributed by atoms with Crippen molar-refractivity contribution in [1.82, 2.24) is 67.9 Å². The summed E-state index contributed by atoms with van der Waals surface area (Å²) < 4.78 is 0. The number of phenols is 1. The van der Waals surface area contributed by atoms with Gasteiger partial charge >= 0.3 is 5.97 Å². The van der Waals surface area contributed by atoms with E-state index in [0.717, 1.165) is 0 Å². The number of carbonyl (C=O) groups excluding carboxylic acids is 14. The summed E-state index contributed by atoms with van der Waals surface area (Å²) >= 11 is 0. The summed E-state index contributed by atoms with van der Waals surface area (Å²) in [6.07, 6.45) is 1.22. The minimum absolute atomic E-state index is 0.0159. The maximum absolute atomic E-state index is 14.8. The molecule has 34 N–H and O–H groups in total. The second-order valence-electron chi connectivity index (χ2n) is 30.1. The first-order valence-electron chi connectivity index (χ1n) is 40.2. The number of benzene rings is 1. The number of aliphatic hydroxyl groups is 2. The second-order valence-corrected chi connectivity index (χ2v) is 30.1. The van der Waals surface area contributed by atoms with E-state index < -0.39 is 199 Å². The Morgan fingerprint density at radius 2 is 0.798 bits per heavy atom. The summed E-state index contributed by atoms with van der Waals surface area (Å²) in [6, 6.07) is -14.3. The van der Waals surface area contributed by atoms with Crippen LogP contribution in [0.15, 0.2) is 39.2 Å². The van der Waals surface area contributed by atoms with Crippen LogP contribution in [-0.2, 0) is 78.3 Å². The molecule has 666 valence electrons. The fourth-order valence-electron chi connectivity index (χ4n) is 13.8. The van der Waals surface area contributed by atoms with Crippen LogP contribution in [-0.4, -0.2) is 292 Å². The number of hydrogen-bond acceptors (Lipinski definition) is 24. The Morgan fingerprint density at radius 3 is 1.24 bits per heavy atom. The van der Waals surface area contributed by atoms with Crippen molar-refractivity contribution in [3.05, 3.63) is 29.8 Å². The summed E-state index contributed by atoms with van der Waals surface area (Å²) in [5.74, 6) is -14.8. The molecule has 1 aromatic rings. The number of carboxylic acid groups (broad SMARTS) is 1. The summed E-state index contributed by atoms with van der Waals surface area (Å²) in [5.41, 5.74) is 56.4. The Kier molecular flexibility index (Phi) is 43.5. The molecule has 0 radical (unpaired) electrons. The molecule has 0 spiro atoms. The topological polar surface area (TPSA) is 764 Å². The van der Waals surface area contributed by atoms with E-state index in [1.165, 1.54) is 45.9 Å². The number of aromatic hydroxyl groups is 1. The molecule has 0 aliphatic carbocycles. The minimum Gasteiger partial charge on any atom is -0.508 e. The third-order valence-corrected chi connectivity index (χ3v) is 20.1. The van der Waals surface area contributed by atoms with E-state index in [1.54, 1.807) is 0 Å². The predicted molar refractivity (Wildman–Crippen MR) is 434 cm³/mol. The summed E-state index contributed by atoms with van der Waals surface area (Å²) in [4.78, 5) is 226. The number of nitrogens with two attached hydrogens (primary N) is 10. The number of aliphatic hydroxyl groups excluding tert-OH is 2. The van der Waals surface area contributed by atoms with E-state index >= 15 is 0 Å². The fraction of sp³-hybridized carbons (Fsp3) is 0.676. The summed E-state index contributed by atoms with van der Waals surface area (Å²) in [5, 5.41) is 66.0. The smallest absolute Gasteiger partial charge is 0.326 e. The fourth-order valence-corrected chi connectivity index (χ4v) is 13.8. The lowest BCUT2D eigenvalue weighted by Gasteiger charge is -2.32. The van der Waals surface area contributed by atoms with E-state index in [-0.39, 0.29) is 172 Å². The predicted octanol–water partition coefficient (Wildman–Crippen LogP) is -9.10. The molecule has 3 fully saturated rings. The molecular weight excluding hydrogens is 1560 g/mol. The van der Waals surface area contributed by atoms with Crippen LogP contribution < -0.4 is 111 Å². The molecule has 0 aromatic heterocycles. The van der Waals surface area contributed by atoms with Crippen LogP contribution in [0.2, 0.25) is 0 Å². The molecule has 1 aromatic carbocycles. The van der Waals surface area contributed by atoms with Gasteiger partial charge in [-0.05, 0) is 172 Å². The average Bonchev–Trinajstić information content (AvgIpc) is 1.67. The summed E-state index contributed by atoms with van der Waals surface area (Å²) in [7, 11) is 0. The van der Waals surface area contributed by atoms with Gasteiger partial charge < -0.3 is 146 Å². The number of nitrogens with one attached hydrogen (secondary N) is 10. The number of phenolic OH excluding ortho intramolecular Hbond substituents is 1. The van der Waals surface area contributed by atoms with E-state index in [9.17, 15) is 92.3 Å². The third-order valence-electron chi connectivity index (χ3n) is 20.1. The molecule has 119 heavy (non-hydrogen) atoms. The van der Waals surface area contributed by atoms with Crippen molar-refractivity contribution in [3.8, 4) is 5.75 Å². The molecular formula is C74H126N26O19. The van der Waals surface area contributed by atoms with Gasteiger partial charge in [-0.3, -0.25) is 82.1 Å². The van der Waals surface area contributed by atoms with Crippen molar-refractivity contribution >= 4 is 107 Å². The zero-order chi connectivity index (χ0) is 88.6. The van der Waals surface area contributed by atoms with Crippen molar-refractivity contribution < 1.29 is 92.3 Å². The normalized spacial score (nSPS) is 17.8. The largest absolute Gasteiger partial charge is 0.508 e. The Balaban J connectivity index is 1.58. The van der Waals surface area contributed by atoms with E-state index in [1.807, 2.05) is 13.8 Å². The van der Waals surface area contributed by atoms with E-state index in [4.69, 9.17) is 57.3 Å². The lowest BCUT2D eigenvalue weighted by molar-refractivity contribution is -0.147. The van der Waals surface area contributed by atoms with Crippen molar-refractivity contribution in [2.45, 2.75) is 247 Å². The highest BCUT2D eigenvalue weighted by molar-refractivity contribution is 6.01. The maximum atomic E-state index is 14.8. The monoisotopic (exact) mass is 1680 g/mol. The van der Waals surface area contributed by atoms with Crippen LogP contribution >= 0.6 is 0 Å². The highest BCUT2D eigenvalue weighted by Crippen LogP contribution is 2.27. The molecule has 14 amide bonds.